The fraction of sp³-hybridized carbons (Fsp3) is 0.500. The first kappa shape index (κ1) is 14.6. The molecule has 0 N–H and O–H groups in total. The zero-order valence-corrected chi connectivity index (χ0v) is 12.1. The number of rotatable bonds is 4. The van der Waals surface area contributed by atoms with Crippen molar-refractivity contribution in [2.24, 2.45) is 0 Å². The van der Waals surface area contributed by atoms with Crippen molar-refractivity contribution in [2.45, 2.75) is 31.7 Å². The zero-order chi connectivity index (χ0) is 13.8. The van der Waals surface area contributed by atoms with E-state index in [0.29, 0.717) is 12.4 Å². The molecule has 1 aromatic rings. The predicted molar refractivity (Wildman–Crippen MR) is 75.4 cm³/mol. The second kappa shape index (κ2) is 6.58. The molecule has 104 valence electrons. The fourth-order valence-electron chi connectivity index (χ4n) is 2.54. The molecular weight excluding hydrogens is 288 g/mol. The number of halogens is 3. The molecule has 0 saturated carbocycles. The van der Waals surface area contributed by atoms with Crippen LogP contribution in [0.5, 0.6) is 0 Å². The second-order valence-corrected chi connectivity index (χ2v) is 5.51. The van der Waals surface area contributed by atoms with E-state index in [1.54, 1.807) is 11.0 Å². The van der Waals surface area contributed by atoms with E-state index in [4.69, 9.17) is 23.2 Å². The van der Waals surface area contributed by atoms with Crippen LogP contribution in [0.2, 0.25) is 5.02 Å². The van der Waals surface area contributed by atoms with Gasteiger partial charge in [-0.05, 0) is 37.8 Å². The molecule has 1 aliphatic heterocycles. The van der Waals surface area contributed by atoms with Crippen molar-refractivity contribution in [3.8, 4) is 0 Å². The predicted octanol–water partition coefficient (Wildman–Crippen LogP) is 4.10. The number of alkyl halides is 1. The Morgan fingerprint density at radius 1 is 1.47 bits per heavy atom. The highest BCUT2D eigenvalue weighted by Crippen LogP contribution is 2.26. The van der Waals surface area contributed by atoms with E-state index in [9.17, 15) is 9.18 Å². The van der Waals surface area contributed by atoms with Gasteiger partial charge in [-0.3, -0.25) is 4.79 Å². The highest BCUT2D eigenvalue weighted by atomic mass is 35.5. The molecule has 2 rings (SSSR count). The topological polar surface area (TPSA) is 20.3 Å². The molecule has 1 heterocycles. The Hall–Kier alpha value is -0.800. The average Bonchev–Trinajstić information content (AvgIpc) is 2.87. The van der Waals surface area contributed by atoms with Crippen LogP contribution in [-0.2, 0) is 0 Å². The number of nitrogens with zero attached hydrogens (tertiary/aromatic N) is 1. The van der Waals surface area contributed by atoms with Gasteiger partial charge in [0.25, 0.3) is 5.91 Å². The molecule has 0 radical (unpaired) electrons. The van der Waals surface area contributed by atoms with Crippen molar-refractivity contribution in [1.29, 1.82) is 0 Å². The number of hydrogen-bond donors (Lipinski definition) is 0. The fourth-order valence-corrected chi connectivity index (χ4v) is 2.87. The van der Waals surface area contributed by atoms with Crippen LogP contribution in [0.3, 0.4) is 0 Å². The van der Waals surface area contributed by atoms with Gasteiger partial charge >= 0.3 is 0 Å². The second-order valence-electron chi connectivity index (χ2n) is 4.73. The van der Waals surface area contributed by atoms with Crippen molar-refractivity contribution >= 4 is 29.1 Å². The molecule has 0 aliphatic carbocycles. The molecule has 5 heteroatoms. The van der Waals surface area contributed by atoms with Gasteiger partial charge in [-0.2, -0.15) is 0 Å². The van der Waals surface area contributed by atoms with E-state index < -0.39 is 5.82 Å². The lowest BCUT2D eigenvalue weighted by atomic mass is 10.1. The Kier molecular flexibility index (Phi) is 5.06. The van der Waals surface area contributed by atoms with Crippen molar-refractivity contribution in [3.63, 3.8) is 0 Å². The lowest BCUT2D eigenvalue weighted by Gasteiger charge is -2.25. The minimum Gasteiger partial charge on any atom is -0.336 e. The Labute approximate surface area is 122 Å². The van der Waals surface area contributed by atoms with Gasteiger partial charge in [0.15, 0.2) is 5.82 Å². The molecule has 0 aromatic heterocycles. The van der Waals surface area contributed by atoms with Crippen molar-refractivity contribution in [1.82, 2.24) is 4.90 Å². The summed E-state index contributed by atoms with van der Waals surface area (Å²) >= 11 is 11.4. The third-order valence-electron chi connectivity index (χ3n) is 3.49. The quantitative estimate of drug-likeness (QED) is 0.767. The maximum Gasteiger partial charge on any atom is 0.257 e. The smallest absolute Gasteiger partial charge is 0.257 e. The summed E-state index contributed by atoms with van der Waals surface area (Å²) in [5, 5.41) is -0.0117. The first-order chi connectivity index (χ1) is 9.15. The van der Waals surface area contributed by atoms with Gasteiger partial charge in [-0.1, -0.05) is 17.7 Å². The third kappa shape index (κ3) is 3.21. The van der Waals surface area contributed by atoms with E-state index in [-0.39, 0.29) is 22.5 Å². The lowest BCUT2D eigenvalue weighted by Crippen LogP contribution is -2.36. The number of amides is 1. The Morgan fingerprint density at radius 2 is 2.26 bits per heavy atom. The van der Waals surface area contributed by atoms with Crippen LogP contribution in [0.1, 0.15) is 36.0 Å². The minimum absolute atomic E-state index is 0.0117. The van der Waals surface area contributed by atoms with E-state index in [1.165, 1.54) is 12.1 Å². The van der Waals surface area contributed by atoms with Gasteiger partial charge in [0.1, 0.15) is 0 Å². The number of carbonyl (C=O) groups is 1. The molecule has 19 heavy (non-hydrogen) atoms. The highest BCUT2D eigenvalue weighted by molar-refractivity contribution is 6.31. The lowest BCUT2D eigenvalue weighted by molar-refractivity contribution is 0.0725. The van der Waals surface area contributed by atoms with Crippen LogP contribution in [-0.4, -0.2) is 29.3 Å². The normalized spacial score (nSPS) is 18.9. The first-order valence-electron chi connectivity index (χ1n) is 6.46. The summed E-state index contributed by atoms with van der Waals surface area (Å²) in [7, 11) is 0. The Morgan fingerprint density at radius 3 is 3.00 bits per heavy atom. The van der Waals surface area contributed by atoms with E-state index in [1.807, 2.05) is 0 Å². The first-order valence-corrected chi connectivity index (χ1v) is 7.37. The molecule has 1 atom stereocenters. The van der Waals surface area contributed by atoms with E-state index in [0.717, 1.165) is 25.7 Å². The van der Waals surface area contributed by atoms with Gasteiger partial charge < -0.3 is 4.90 Å². The van der Waals surface area contributed by atoms with Crippen LogP contribution in [0.4, 0.5) is 4.39 Å². The van der Waals surface area contributed by atoms with Crippen LogP contribution in [0.25, 0.3) is 0 Å². The summed E-state index contributed by atoms with van der Waals surface area (Å²) in [4.78, 5) is 14.1. The summed E-state index contributed by atoms with van der Waals surface area (Å²) in [6.45, 7) is 0.678. The largest absolute Gasteiger partial charge is 0.336 e. The molecule has 0 bridgehead atoms. The molecule has 1 aromatic carbocycles. The maximum absolute atomic E-state index is 13.9. The Bertz CT molecular complexity index is 467. The summed E-state index contributed by atoms with van der Waals surface area (Å²) in [6, 6.07) is 4.70. The standard InChI is InChI=1S/C14H16Cl2FNO/c15-8-2-4-10-5-3-9-18(10)14(19)11-6-1-7-12(16)13(11)17/h1,6-7,10H,2-5,8-9H2. The Balaban J connectivity index is 2.16. The van der Waals surface area contributed by atoms with Gasteiger partial charge in [0.2, 0.25) is 0 Å². The zero-order valence-electron chi connectivity index (χ0n) is 10.5. The van der Waals surface area contributed by atoms with Gasteiger partial charge in [0.05, 0.1) is 10.6 Å². The number of hydrogen-bond acceptors (Lipinski definition) is 1. The molecule has 2 nitrogen and oxygen atoms in total. The third-order valence-corrected chi connectivity index (χ3v) is 4.05. The molecule has 1 aliphatic rings. The van der Waals surface area contributed by atoms with E-state index in [2.05, 4.69) is 0 Å². The van der Waals surface area contributed by atoms with Gasteiger partial charge in [-0.25, -0.2) is 4.39 Å². The van der Waals surface area contributed by atoms with Crippen molar-refractivity contribution < 1.29 is 9.18 Å². The summed E-state index contributed by atoms with van der Waals surface area (Å²) in [6.07, 6.45) is 3.66. The molecular formula is C14H16Cl2FNO. The van der Waals surface area contributed by atoms with E-state index >= 15 is 0 Å². The number of likely N-dealkylation sites (tertiary alicyclic amines) is 1. The van der Waals surface area contributed by atoms with Crippen LogP contribution < -0.4 is 0 Å². The SMILES string of the molecule is O=C(c1cccc(Cl)c1F)N1CCCC1CCCCl. The molecule has 1 saturated heterocycles. The minimum atomic E-state index is -0.628. The molecule has 0 spiro atoms. The summed E-state index contributed by atoms with van der Waals surface area (Å²) < 4.78 is 13.9. The maximum atomic E-state index is 13.9. The van der Waals surface area contributed by atoms with Gasteiger partial charge in [-0.15, -0.1) is 11.6 Å². The average molecular weight is 304 g/mol. The van der Waals surface area contributed by atoms with Gasteiger partial charge in [0, 0.05) is 18.5 Å². The number of benzene rings is 1. The van der Waals surface area contributed by atoms with Crippen LogP contribution in [0, 0.1) is 5.82 Å². The summed E-state index contributed by atoms with van der Waals surface area (Å²) in [5.74, 6) is -0.307. The van der Waals surface area contributed by atoms with Crippen LogP contribution in [0.15, 0.2) is 18.2 Å². The summed E-state index contributed by atoms with van der Waals surface area (Å²) in [5.41, 5.74) is 0.0604. The van der Waals surface area contributed by atoms with Crippen molar-refractivity contribution in [3.05, 3.63) is 34.6 Å². The number of carbonyl (C=O) groups excluding carboxylic acids is 1. The molecule has 1 amide bonds. The molecule has 1 fully saturated rings. The molecule has 1 unspecified atom stereocenters. The highest BCUT2D eigenvalue weighted by Gasteiger charge is 2.30. The monoisotopic (exact) mass is 303 g/mol. The van der Waals surface area contributed by atoms with Crippen LogP contribution >= 0.6 is 23.2 Å². The van der Waals surface area contributed by atoms with Crippen molar-refractivity contribution in [2.75, 3.05) is 12.4 Å².